The summed E-state index contributed by atoms with van der Waals surface area (Å²) in [4.78, 5) is 10.2. The fourth-order valence-electron chi connectivity index (χ4n) is 0.672. The lowest BCUT2D eigenvalue weighted by atomic mass is 10.2. The van der Waals surface area contributed by atoms with E-state index in [9.17, 15) is 4.79 Å². The van der Waals surface area contributed by atoms with Gasteiger partial charge in [-0.15, -0.1) is 0 Å². The van der Waals surface area contributed by atoms with Gasteiger partial charge in [0.1, 0.15) is 6.61 Å². The van der Waals surface area contributed by atoms with E-state index in [0.29, 0.717) is 0 Å². The van der Waals surface area contributed by atoms with Crippen LogP contribution < -0.4 is 5.73 Å². The summed E-state index contributed by atoms with van der Waals surface area (Å²) >= 11 is 0. The molecule has 0 aliphatic heterocycles. The smallest absolute Gasteiger partial charge is 0.404 e. The molecule has 0 heterocycles. The first-order valence-corrected chi connectivity index (χ1v) is 3.16. The Hall–Kier alpha value is -1.51. The van der Waals surface area contributed by atoms with Crippen molar-refractivity contribution in [3.8, 4) is 0 Å². The van der Waals surface area contributed by atoms with Gasteiger partial charge in [-0.1, -0.05) is 24.3 Å². The molecule has 1 radical (unpaired) electrons. The maximum atomic E-state index is 10.2. The quantitative estimate of drug-likeness (QED) is 0.685. The van der Waals surface area contributed by atoms with Crippen LogP contribution in [0.2, 0.25) is 0 Å². The van der Waals surface area contributed by atoms with Gasteiger partial charge in [-0.05, 0) is 11.6 Å². The number of hydrogen-bond acceptors (Lipinski definition) is 2. The molecular formula is C8H8NO2. The van der Waals surface area contributed by atoms with E-state index < -0.39 is 6.09 Å². The van der Waals surface area contributed by atoms with E-state index in [1.807, 2.05) is 12.1 Å². The molecule has 3 heteroatoms. The summed E-state index contributed by atoms with van der Waals surface area (Å²) < 4.78 is 4.55. The Kier molecular flexibility index (Phi) is 2.49. The van der Waals surface area contributed by atoms with Gasteiger partial charge in [-0.3, -0.25) is 0 Å². The van der Waals surface area contributed by atoms with Crippen LogP contribution in [0.25, 0.3) is 0 Å². The maximum absolute atomic E-state index is 10.2. The largest absolute Gasteiger partial charge is 0.445 e. The van der Waals surface area contributed by atoms with Crippen molar-refractivity contribution in [2.45, 2.75) is 6.61 Å². The first-order chi connectivity index (χ1) is 5.29. The fourth-order valence-corrected chi connectivity index (χ4v) is 0.672. The third-order valence-corrected chi connectivity index (χ3v) is 1.17. The predicted octanol–water partition coefficient (Wildman–Crippen LogP) is 1.08. The molecule has 1 aromatic rings. The van der Waals surface area contributed by atoms with Crippen molar-refractivity contribution >= 4 is 6.09 Å². The fraction of sp³-hybridized carbons (Fsp3) is 0.125. The van der Waals surface area contributed by atoms with Crippen LogP contribution in [0.3, 0.4) is 0 Å². The highest BCUT2D eigenvalue weighted by Gasteiger charge is 1.93. The highest BCUT2D eigenvalue weighted by atomic mass is 16.5. The lowest BCUT2D eigenvalue weighted by Gasteiger charge is -1.99. The van der Waals surface area contributed by atoms with E-state index in [1.165, 1.54) is 0 Å². The van der Waals surface area contributed by atoms with Gasteiger partial charge >= 0.3 is 6.09 Å². The van der Waals surface area contributed by atoms with Gasteiger partial charge < -0.3 is 10.5 Å². The highest BCUT2D eigenvalue weighted by Crippen LogP contribution is 1.98. The highest BCUT2D eigenvalue weighted by molar-refractivity contribution is 5.64. The molecule has 3 nitrogen and oxygen atoms in total. The number of amides is 1. The van der Waals surface area contributed by atoms with Crippen LogP contribution in [0.4, 0.5) is 4.79 Å². The zero-order valence-electron chi connectivity index (χ0n) is 5.91. The molecule has 0 saturated carbocycles. The molecule has 0 bridgehead atoms. The summed E-state index contributed by atoms with van der Waals surface area (Å²) in [6.45, 7) is 0.226. The minimum Gasteiger partial charge on any atom is -0.445 e. The van der Waals surface area contributed by atoms with Crippen LogP contribution in [0.15, 0.2) is 24.3 Å². The summed E-state index contributed by atoms with van der Waals surface area (Å²) in [5, 5.41) is 0. The molecule has 0 spiro atoms. The first-order valence-electron chi connectivity index (χ1n) is 3.16. The third kappa shape index (κ3) is 2.71. The number of ether oxygens (including phenoxy) is 1. The second-order valence-electron chi connectivity index (χ2n) is 2.02. The van der Waals surface area contributed by atoms with Crippen molar-refractivity contribution in [2.75, 3.05) is 0 Å². The van der Waals surface area contributed by atoms with Gasteiger partial charge in [0, 0.05) is 0 Å². The van der Waals surface area contributed by atoms with Gasteiger partial charge in [-0.2, -0.15) is 0 Å². The van der Waals surface area contributed by atoms with Gasteiger partial charge in [0.05, 0.1) is 0 Å². The molecule has 11 heavy (non-hydrogen) atoms. The number of rotatable bonds is 2. The number of carbonyl (C=O) groups is 1. The van der Waals surface area contributed by atoms with Crippen molar-refractivity contribution in [1.29, 1.82) is 0 Å². The van der Waals surface area contributed by atoms with Crippen LogP contribution in [0.1, 0.15) is 5.56 Å². The molecule has 0 fully saturated rings. The lowest BCUT2D eigenvalue weighted by Crippen LogP contribution is -2.12. The minimum absolute atomic E-state index is 0.226. The average Bonchev–Trinajstić information content (AvgIpc) is 2.03. The van der Waals surface area contributed by atoms with E-state index >= 15 is 0 Å². The minimum atomic E-state index is -0.752. The molecule has 1 amide bonds. The number of nitrogens with two attached hydrogens (primary N) is 1. The van der Waals surface area contributed by atoms with Gasteiger partial charge in [0.25, 0.3) is 0 Å². The van der Waals surface area contributed by atoms with Crippen molar-refractivity contribution in [2.24, 2.45) is 5.73 Å². The van der Waals surface area contributed by atoms with Crippen molar-refractivity contribution in [3.63, 3.8) is 0 Å². The molecule has 0 aromatic heterocycles. The monoisotopic (exact) mass is 150 g/mol. The van der Waals surface area contributed by atoms with Crippen LogP contribution in [0.5, 0.6) is 0 Å². The zero-order valence-corrected chi connectivity index (χ0v) is 5.91. The Morgan fingerprint density at radius 2 is 2.18 bits per heavy atom. The average molecular weight is 150 g/mol. The normalized spacial score (nSPS) is 9.09. The summed E-state index contributed by atoms with van der Waals surface area (Å²) in [5.74, 6) is 0. The molecule has 0 atom stereocenters. The molecule has 57 valence electrons. The van der Waals surface area contributed by atoms with Gasteiger partial charge in [0.15, 0.2) is 0 Å². The van der Waals surface area contributed by atoms with Crippen molar-refractivity contribution in [3.05, 3.63) is 35.9 Å². The Bertz CT molecular complexity index is 233. The standard InChI is InChI=1S/C8H8NO2/c9-8(10)11-6-7-4-2-1-3-5-7/h2-5H,6H2,(H2,9,10). The van der Waals surface area contributed by atoms with E-state index in [0.717, 1.165) is 5.56 Å². The number of benzene rings is 1. The SMILES string of the molecule is NC(=O)OCc1cc[c]cc1. The zero-order chi connectivity index (χ0) is 8.10. The topological polar surface area (TPSA) is 52.3 Å². The molecule has 0 unspecified atom stereocenters. The van der Waals surface area contributed by atoms with Crippen molar-refractivity contribution < 1.29 is 9.53 Å². The molecule has 0 saturated heterocycles. The maximum Gasteiger partial charge on any atom is 0.404 e. The second-order valence-corrected chi connectivity index (χ2v) is 2.02. The number of carbonyl (C=O) groups excluding carboxylic acids is 1. The summed E-state index contributed by atoms with van der Waals surface area (Å²) in [7, 11) is 0. The van der Waals surface area contributed by atoms with Crippen molar-refractivity contribution in [1.82, 2.24) is 0 Å². The molecule has 1 aromatic carbocycles. The lowest BCUT2D eigenvalue weighted by molar-refractivity contribution is 0.150. The van der Waals surface area contributed by atoms with Crippen LogP contribution in [-0.4, -0.2) is 6.09 Å². The van der Waals surface area contributed by atoms with Crippen LogP contribution in [-0.2, 0) is 11.3 Å². The molecule has 0 aliphatic rings. The Morgan fingerprint density at radius 3 is 2.73 bits per heavy atom. The Balaban J connectivity index is 2.45. The number of hydrogen-bond donors (Lipinski definition) is 1. The first kappa shape index (κ1) is 7.60. The van der Waals surface area contributed by atoms with Gasteiger partial charge in [0.2, 0.25) is 0 Å². The van der Waals surface area contributed by atoms with E-state index in [1.54, 1.807) is 12.1 Å². The molecular weight excluding hydrogens is 142 g/mol. The third-order valence-electron chi connectivity index (χ3n) is 1.17. The molecule has 2 N–H and O–H groups in total. The Morgan fingerprint density at radius 1 is 1.55 bits per heavy atom. The van der Waals surface area contributed by atoms with E-state index in [-0.39, 0.29) is 6.61 Å². The molecule has 0 aliphatic carbocycles. The van der Waals surface area contributed by atoms with Gasteiger partial charge in [-0.25, -0.2) is 4.79 Å². The van der Waals surface area contributed by atoms with Crippen LogP contribution in [0, 0.1) is 6.07 Å². The van der Waals surface area contributed by atoms with E-state index in [4.69, 9.17) is 5.73 Å². The van der Waals surface area contributed by atoms with E-state index in [2.05, 4.69) is 10.8 Å². The van der Waals surface area contributed by atoms with Crippen LogP contribution >= 0.6 is 0 Å². The summed E-state index contributed by atoms with van der Waals surface area (Å²) in [6.07, 6.45) is -0.752. The predicted molar refractivity (Wildman–Crippen MR) is 39.7 cm³/mol. The summed E-state index contributed by atoms with van der Waals surface area (Å²) in [5.41, 5.74) is 5.68. The summed E-state index contributed by atoms with van der Waals surface area (Å²) in [6, 6.07) is 9.96. The number of primary amides is 1. The Labute approximate surface area is 64.8 Å². The molecule has 1 rings (SSSR count). The second kappa shape index (κ2) is 3.61.